The van der Waals surface area contributed by atoms with E-state index >= 15 is 0 Å². The van der Waals surface area contributed by atoms with Crippen LogP contribution >= 0.6 is 22.7 Å². The molecule has 2 aromatic heterocycles. The fourth-order valence-electron chi connectivity index (χ4n) is 10.5. The summed E-state index contributed by atoms with van der Waals surface area (Å²) in [6.07, 6.45) is 3.84. The molecule has 72 heavy (non-hydrogen) atoms. The van der Waals surface area contributed by atoms with Crippen molar-refractivity contribution in [2.75, 3.05) is 10.2 Å². The molecule has 0 fully saturated rings. The average Bonchev–Trinajstić information content (AvgIpc) is 4.13. The fraction of sp³-hybridized carbons (Fsp3) is 0.176. The maximum atomic E-state index is 4.13. The van der Waals surface area contributed by atoms with Gasteiger partial charge in [-0.05, 0) is 163 Å². The molecular weight excluding hydrogens is 909 g/mol. The molecule has 10 rings (SSSR count). The molecule has 0 amide bonds. The number of para-hydroxylation sites is 2. The zero-order valence-electron chi connectivity index (χ0n) is 42.2. The lowest BCUT2D eigenvalue weighted by molar-refractivity contribution is 0.456. The summed E-state index contributed by atoms with van der Waals surface area (Å²) < 4.78 is 0. The van der Waals surface area contributed by atoms with E-state index in [4.69, 9.17) is 0 Å². The molecule has 0 saturated heterocycles. The maximum Gasteiger partial charge on any atom is 0.0626 e. The van der Waals surface area contributed by atoms with Gasteiger partial charge in [0.2, 0.25) is 0 Å². The molecule has 0 aliphatic heterocycles. The maximum absolute atomic E-state index is 4.13. The van der Waals surface area contributed by atoms with Crippen molar-refractivity contribution in [1.29, 1.82) is 0 Å². The number of thiophene rings is 2. The Kier molecular flexibility index (Phi) is 14.5. The van der Waals surface area contributed by atoms with Crippen LogP contribution in [0.1, 0.15) is 81.2 Å². The van der Waals surface area contributed by atoms with Gasteiger partial charge in [0, 0.05) is 45.0 Å². The predicted octanol–water partition coefficient (Wildman–Crippen LogP) is 19.9. The number of rotatable bonds is 17. The van der Waals surface area contributed by atoms with E-state index in [0.29, 0.717) is 5.92 Å². The van der Waals surface area contributed by atoms with Gasteiger partial charge in [0.05, 0.1) is 5.54 Å². The lowest BCUT2D eigenvalue weighted by atomic mass is 9.78. The average molecular weight is 973 g/mol. The standard InChI is InChI=1S/C68H64N2S2/c1-6-68(7-2,69-57-37-35-56(36-38-57)67(3,4)5)66-41-34-54(64-47-71-45-62(64)52-30-28-50(29-31-52)43-55(51-22-14-9-15-23-51)42-49-20-12-8-13-21-49)44-61(66)65-48-72-46-63(65)53-32-39-60(40-33-53)70(58-24-16-10-17-25-58)59-26-18-11-19-27-59/h8-41,44-48,55,69H,6-7,42-43H2,1-5H3. The van der Waals surface area contributed by atoms with Crippen LogP contribution in [0.4, 0.5) is 22.7 Å². The summed E-state index contributed by atoms with van der Waals surface area (Å²) in [5.74, 6) is 0.391. The summed E-state index contributed by atoms with van der Waals surface area (Å²) in [6.45, 7) is 11.5. The number of benzene rings is 8. The smallest absolute Gasteiger partial charge is 0.0626 e. The van der Waals surface area contributed by atoms with Crippen LogP contribution in [0.25, 0.3) is 44.5 Å². The van der Waals surface area contributed by atoms with Gasteiger partial charge in [-0.3, -0.25) is 0 Å². The summed E-state index contributed by atoms with van der Waals surface area (Å²) in [7, 11) is 0. The molecule has 0 bridgehead atoms. The highest BCUT2D eigenvalue weighted by Gasteiger charge is 2.33. The van der Waals surface area contributed by atoms with Gasteiger partial charge in [-0.2, -0.15) is 22.7 Å². The molecular formula is C68H64N2S2. The van der Waals surface area contributed by atoms with Crippen molar-refractivity contribution < 1.29 is 0 Å². The Morgan fingerprint density at radius 1 is 0.431 bits per heavy atom. The zero-order valence-corrected chi connectivity index (χ0v) is 43.8. The third kappa shape index (κ3) is 10.5. The number of hydrogen-bond acceptors (Lipinski definition) is 4. The van der Waals surface area contributed by atoms with Gasteiger partial charge in [-0.15, -0.1) is 0 Å². The Morgan fingerprint density at radius 3 is 1.42 bits per heavy atom. The highest BCUT2D eigenvalue weighted by atomic mass is 32.1. The second-order valence-electron chi connectivity index (χ2n) is 20.2. The van der Waals surface area contributed by atoms with Gasteiger partial charge < -0.3 is 10.2 Å². The molecule has 0 aliphatic carbocycles. The van der Waals surface area contributed by atoms with E-state index < -0.39 is 0 Å². The van der Waals surface area contributed by atoms with E-state index in [9.17, 15) is 0 Å². The van der Waals surface area contributed by atoms with Gasteiger partial charge in [0.25, 0.3) is 0 Å². The summed E-state index contributed by atoms with van der Waals surface area (Å²) in [5, 5.41) is 13.5. The van der Waals surface area contributed by atoms with Crippen LogP contribution in [0.2, 0.25) is 0 Å². The Morgan fingerprint density at radius 2 is 0.875 bits per heavy atom. The van der Waals surface area contributed by atoms with Crippen LogP contribution in [0, 0.1) is 0 Å². The minimum Gasteiger partial charge on any atom is -0.376 e. The molecule has 2 nitrogen and oxygen atoms in total. The molecule has 358 valence electrons. The van der Waals surface area contributed by atoms with Crippen molar-refractivity contribution in [2.45, 2.75) is 77.2 Å². The first-order valence-electron chi connectivity index (χ1n) is 25.5. The summed E-state index contributed by atoms with van der Waals surface area (Å²) in [6, 6.07) is 78.2. The van der Waals surface area contributed by atoms with E-state index in [1.165, 1.54) is 72.3 Å². The highest BCUT2D eigenvalue weighted by molar-refractivity contribution is 7.09. The molecule has 8 aromatic carbocycles. The molecule has 10 aromatic rings. The number of anilines is 4. The Bertz CT molecular complexity index is 3250. The lowest BCUT2D eigenvalue weighted by Gasteiger charge is -2.37. The summed E-state index contributed by atoms with van der Waals surface area (Å²) >= 11 is 3.56. The van der Waals surface area contributed by atoms with Gasteiger partial charge in [-0.1, -0.05) is 192 Å². The quantitative estimate of drug-likeness (QED) is 0.0978. The summed E-state index contributed by atoms with van der Waals surface area (Å²) in [4.78, 5) is 2.33. The molecule has 4 heteroatoms. The van der Waals surface area contributed by atoms with Crippen molar-refractivity contribution in [1.82, 2.24) is 0 Å². The molecule has 0 saturated carbocycles. The van der Waals surface area contributed by atoms with Crippen LogP contribution in [-0.4, -0.2) is 0 Å². The van der Waals surface area contributed by atoms with E-state index in [0.717, 1.165) is 48.4 Å². The fourth-order valence-corrected chi connectivity index (χ4v) is 12.2. The summed E-state index contributed by atoms with van der Waals surface area (Å²) in [5.41, 5.74) is 21.0. The molecule has 2 heterocycles. The minimum atomic E-state index is -0.322. The van der Waals surface area contributed by atoms with Crippen molar-refractivity contribution in [3.63, 3.8) is 0 Å². The molecule has 0 aliphatic rings. The number of hydrogen-bond donors (Lipinski definition) is 1. The Labute approximate surface area is 436 Å². The first-order chi connectivity index (χ1) is 35.2. The SMILES string of the molecule is CCC(CC)(Nc1ccc(C(C)(C)C)cc1)c1ccc(-c2cscc2-c2ccc(CC(Cc3ccccc3)c3ccccc3)cc2)cc1-c1cscc1-c1ccc(N(c2ccccc2)c2ccccc2)cc1. The molecule has 1 atom stereocenters. The molecule has 1 unspecified atom stereocenters. The molecule has 0 spiro atoms. The monoisotopic (exact) mass is 972 g/mol. The molecule has 0 radical (unpaired) electrons. The van der Waals surface area contributed by atoms with Crippen LogP contribution in [0.3, 0.4) is 0 Å². The Hall–Kier alpha value is -7.24. The van der Waals surface area contributed by atoms with E-state index in [1.807, 2.05) is 0 Å². The largest absolute Gasteiger partial charge is 0.376 e. The first kappa shape index (κ1) is 48.4. The van der Waals surface area contributed by atoms with Crippen molar-refractivity contribution in [2.24, 2.45) is 0 Å². The van der Waals surface area contributed by atoms with Gasteiger partial charge in [0.1, 0.15) is 0 Å². The number of nitrogens with zero attached hydrogens (tertiary/aromatic N) is 1. The second-order valence-corrected chi connectivity index (χ2v) is 21.6. The van der Waals surface area contributed by atoms with E-state index in [-0.39, 0.29) is 11.0 Å². The topological polar surface area (TPSA) is 15.3 Å². The van der Waals surface area contributed by atoms with E-state index in [1.54, 1.807) is 22.7 Å². The Balaban J connectivity index is 1.03. The number of nitrogens with one attached hydrogen (secondary N) is 1. The predicted molar refractivity (Wildman–Crippen MR) is 313 cm³/mol. The lowest BCUT2D eigenvalue weighted by Crippen LogP contribution is -2.34. The van der Waals surface area contributed by atoms with Crippen LogP contribution in [-0.2, 0) is 23.8 Å². The second kappa shape index (κ2) is 21.6. The van der Waals surface area contributed by atoms with Crippen molar-refractivity contribution >= 4 is 45.4 Å². The molecule has 1 N–H and O–H groups in total. The van der Waals surface area contributed by atoms with Crippen molar-refractivity contribution in [3.8, 4) is 44.5 Å². The van der Waals surface area contributed by atoms with Gasteiger partial charge in [-0.25, -0.2) is 0 Å². The van der Waals surface area contributed by atoms with Crippen LogP contribution < -0.4 is 10.2 Å². The minimum absolute atomic E-state index is 0.0829. The van der Waals surface area contributed by atoms with Gasteiger partial charge in [0.15, 0.2) is 0 Å². The van der Waals surface area contributed by atoms with Crippen molar-refractivity contribution in [3.05, 3.63) is 262 Å². The van der Waals surface area contributed by atoms with Crippen LogP contribution in [0.15, 0.2) is 234 Å². The highest BCUT2D eigenvalue weighted by Crippen LogP contribution is 2.47. The van der Waals surface area contributed by atoms with E-state index in [2.05, 4.69) is 279 Å². The normalized spacial score (nSPS) is 12.1. The zero-order chi connectivity index (χ0) is 49.5. The third-order valence-electron chi connectivity index (χ3n) is 14.6. The van der Waals surface area contributed by atoms with Gasteiger partial charge >= 0.3 is 0 Å². The first-order valence-corrected chi connectivity index (χ1v) is 27.4. The third-order valence-corrected chi connectivity index (χ3v) is 16.1. The van der Waals surface area contributed by atoms with Crippen LogP contribution in [0.5, 0.6) is 0 Å².